The largest absolute Gasteiger partial charge is 0.497 e. The van der Waals surface area contributed by atoms with E-state index in [9.17, 15) is 0 Å². The van der Waals surface area contributed by atoms with Crippen molar-refractivity contribution in [2.45, 2.75) is 0 Å². The summed E-state index contributed by atoms with van der Waals surface area (Å²) in [6.07, 6.45) is 0. The van der Waals surface area contributed by atoms with Gasteiger partial charge in [0.05, 0.1) is 21.3 Å². The Morgan fingerprint density at radius 3 is 0.625 bits per heavy atom. The first-order chi connectivity index (χ1) is 35.5. The Kier molecular flexibility index (Phi) is 14.0. The lowest BCUT2D eigenvalue weighted by Crippen LogP contribution is -2.10. The normalized spacial score (nSPS) is 10.7. The number of hydrogen-bond donors (Lipinski definition) is 3. The van der Waals surface area contributed by atoms with Crippen LogP contribution >= 0.6 is 0 Å². The van der Waals surface area contributed by atoms with Crippen LogP contribution < -0.4 is 44.9 Å². The molecule has 0 spiro atoms. The predicted molar refractivity (Wildman–Crippen MR) is 299 cm³/mol. The minimum atomic E-state index is 0.810. The third-order valence-corrected chi connectivity index (χ3v) is 12.2. The number of rotatable bonds is 18. The standard InChI is InChI=1S/C63H54N6O3/c1-70-61-37-31-58(32-38-61)67(52-13-7-4-8-14-52)55-25-19-46(20-26-55)64-49-43-50(65-47-21-27-56(28-22-47)68(53-15-9-5-10-16-53)59-33-39-62(71-2)40-34-59)45-51(44-49)66-48-23-29-57(30-24-48)69(54-17-11-6-12-18-54)60-35-41-63(72-3)42-36-60/h4-45,64-66H,1-3H3. The minimum absolute atomic E-state index is 0.810. The smallest absolute Gasteiger partial charge is 0.119 e. The van der Waals surface area contributed by atoms with Gasteiger partial charge in [0.2, 0.25) is 0 Å². The molecule has 0 heterocycles. The van der Waals surface area contributed by atoms with E-state index < -0.39 is 0 Å². The molecule has 10 aromatic rings. The molecule has 0 aromatic heterocycles. The molecule has 0 amide bonds. The van der Waals surface area contributed by atoms with E-state index in [4.69, 9.17) is 14.2 Å². The van der Waals surface area contributed by atoms with Crippen molar-refractivity contribution in [3.8, 4) is 17.2 Å². The lowest BCUT2D eigenvalue weighted by atomic mass is 10.1. The van der Waals surface area contributed by atoms with Crippen LogP contribution in [0.15, 0.2) is 255 Å². The maximum atomic E-state index is 5.47. The first-order valence-corrected chi connectivity index (χ1v) is 23.7. The molecule has 9 nitrogen and oxygen atoms in total. The van der Waals surface area contributed by atoms with E-state index in [2.05, 4.69) is 231 Å². The molecule has 0 fully saturated rings. The van der Waals surface area contributed by atoms with E-state index in [1.165, 1.54) is 0 Å². The summed E-state index contributed by atoms with van der Waals surface area (Å²) in [5.74, 6) is 2.43. The molecule has 0 aliphatic rings. The second kappa shape index (κ2) is 21.8. The lowest BCUT2D eigenvalue weighted by Gasteiger charge is -2.26. The van der Waals surface area contributed by atoms with Gasteiger partial charge >= 0.3 is 0 Å². The van der Waals surface area contributed by atoms with Gasteiger partial charge in [0.25, 0.3) is 0 Å². The van der Waals surface area contributed by atoms with Crippen molar-refractivity contribution in [3.05, 3.63) is 255 Å². The van der Waals surface area contributed by atoms with Crippen molar-refractivity contribution < 1.29 is 14.2 Å². The number of ether oxygens (including phenoxy) is 3. The molecule has 10 rings (SSSR count). The highest BCUT2D eigenvalue weighted by Gasteiger charge is 2.16. The molecule has 72 heavy (non-hydrogen) atoms. The molecule has 0 saturated carbocycles. The average Bonchev–Trinajstić information content (AvgIpc) is 3.44. The van der Waals surface area contributed by atoms with Gasteiger partial charge in [-0.3, -0.25) is 0 Å². The third kappa shape index (κ3) is 10.8. The molecular weight excluding hydrogens is 889 g/mol. The third-order valence-electron chi connectivity index (χ3n) is 12.2. The summed E-state index contributed by atoms with van der Waals surface area (Å²) in [5, 5.41) is 11.1. The number of methoxy groups -OCH3 is 3. The van der Waals surface area contributed by atoms with Crippen LogP contribution in [0.4, 0.5) is 85.3 Å². The summed E-state index contributed by atoms with van der Waals surface area (Å²) in [6.45, 7) is 0. The van der Waals surface area contributed by atoms with Gasteiger partial charge < -0.3 is 44.9 Å². The van der Waals surface area contributed by atoms with Crippen LogP contribution in [0.3, 0.4) is 0 Å². The Labute approximate surface area is 421 Å². The van der Waals surface area contributed by atoms with E-state index in [1.54, 1.807) is 21.3 Å². The highest BCUT2D eigenvalue weighted by Crippen LogP contribution is 2.40. The molecule has 0 unspecified atom stereocenters. The maximum absolute atomic E-state index is 5.47. The summed E-state index contributed by atoms with van der Waals surface area (Å²) in [7, 11) is 5.06. The zero-order valence-corrected chi connectivity index (χ0v) is 40.3. The molecule has 0 atom stereocenters. The molecule has 0 radical (unpaired) electrons. The van der Waals surface area contributed by atoms with Crippen molar-refractivity contribution in [1.29, 1.82) is 0 Å². The van der Waals surface area contributed by atoms with Gasteiger partial charge in [-0.25, -0.2) is 0 Å². The lowest BCUT2D eigenvalue weighted by molar-refractivity contribution is 0.414. The van der Waals surface area contributed by atoms with Crippen molar-refractivity contribution in [3.63, 3.8) is 0 Å². The van der Waals surface area contributed by atoms with E-state index >= 15 is 0 Å². The Bertz CT molecular complexity index is 2920. The maximum Gasteiger partial charge on any atom is 0.119 e. The van der Waals surface area contributed by atoms with Gasteiger partial charge in [0, 0.05) is 85.3 Å². The molecule has 3 N–H and O–H groups in total. The summed E-state index contributed by atoms with van der Waals surface area (Å²) in [4.78, 5) is 6.70. The van der Waals surface area contributed by atoms with Crippen LogP contribution in [0.1, 0.15) is 0 Å². The zero-order chi connectivity index (χ0) is 49.1. The molecule has 0 aliphatic heterocycles. The highest BCUT2D eigenvalue weighted by atomic mass is 16.5. The summed E-state index contributed by atoms with van der Waals surface area (Å²) in [6, 6.07) is 87.4. The zero-order valence-electron chi connectivity index (χ0n) is 40.3. The molecule has 0 bridgehead atoms. The number of para-hydroxylation sites is 3. The fraction of sp³-hybridized carbons (Fsp3) is 0.0476. The van der Waals surface area contributed by atoms with Crippen LogP contribution in [-0.2, 0) is 0 Å². The molecule has 354 valence electrons. The average molecular weight is 943 g/mol. The monoisotopic (exact) mass is 942 g/mol. The molecular formula is C63H54N6O3. The number of anilines is 15. The Morgan fingerprint density at radius 1 is 0.222 bits per heavy atom. The van der Waals surface area contributed by atoms with Gasteiger partial charge in [-0.15, -0.1) is 0 Å². The summed E-state index contributed by atoms with van der Waals surface area (Å²) < 4.78 is 16.4. The topological polar surface area (TPSA) is 73.5 Å². The number of nitrogens with one attached hydrogen (secondary N) is 3. The summed E-state index contributed by atoms with van der Waals surface area (Å²) >= 11 is 0. The minimum Gasteiger partial charge on any atom is -0.497 e. The molecule has 0 saturated heterocycles. The number of hydrogen-bond acceptors (Lipinski definition) is 9. The summed E-state index contributed by atoms with van der Waals surface area (Å²) in [5.41, 5.74) is 14.9. The van der Waals surface area contributed by atoms with Crippen molar-refractivity contribution in [2.24, 2.45) is 0 Å². The Balaban J connectivity index is 0.953. The first-order valence-electron chi connectivity index (χ1n) is 23.7. The Hall–Kier alpha value is -9.60. The van der Waals surface area contributed by atoms with E-state index in [0.29, 0.717) is 0 Å². The highest BCUT2D eigenvalue weighted by molar-refractivity contribution is 5.83. The van der Waals surface area contributed by atoms with Gasteiger partial charge in [0.15, 0.2) is 0 Å². The molecule has 0 aliphatic carbocycles. The molecule has 10 aromatic carbocycles. The van der Waals surface area contributed by atoms with Gasteiger partial charge in [-0.1, -0.05) is 54.6 Å². The van der Waals surface area contributed by atoms with Crippen LogP contribution in [0.25, 0.3) is 0 Å². The molecule has 9 heteroatoms. The second-order valence-corrected chi connectivity index (χ2v) is 16.9. The fourth-order valence-electron chi connectivity index (χ4n) is 8.69. The van der Waals surface area contributed by atoms with Gasteiger partial charge in [0.1, 0.15) is 17.2 Å². The van der Waals surface area contributed by atoms with Crippen LogP contribution in [0, 0.1) is 0 Å². The van der Waals surface area contributed by atoms with Crippen LogP contribution in [0.2, 0.25) is 0 Å². The SMILES string of the molecule is COc1ccc(N(c2ccccc2)c2ccc(Nc3cc(Nc4ccc(N(c5ccccc5)c5ccc(OC)cc5)cc4)cc(Nc4ccc(N(c5ccccc5)c5ccc(OC)cc5)cc4)c3)cc2)cc1. The predicted octanol–water partition coefficient (Wildman–Crippen LogP) is 17.4. The van der Waals surface area contributed by atoms with Crippen LogP contribution in [-0.4, -0.2) is 21.3 Å². The van der Waals surface area contributed by atoms with Crippen molar-refractivity contribution >= 4 is 85.3 Å². The van der Waals surface area contributed by atoms with E-state index in [1.807, 2.05) is 54.6 Å². The first kappa shape index (κ1) is 46.1. The quantitative estimate of drug-likeness (QED) is 0.0780. The van der Waals surface area contributed by atoms with E-state index in [-0.39, 0.29) is 0 Å². The van der Waals surface area contributed by atoms with Crippen LogP contribution in [0.5, 0.6) is 17.2 Å². The van der Waals surface area contributed by atoms with Crippen molar-refractivity contribution in [2.75, 3.05) is 52.0 Å². The van der Waals surface area contributed by atoms with Gasteiger partial charge in [-0.05, 0) is 200 Å². The fourth-order valence-corrected chi connectivity index (χ4v) is 8.69. The van der Waals surface area contributed by atoms with Gasteiger partial charge in [-0.2, -0.15) is 0 Å². The van der Waals surface area contributed by atoms with E-state index in [0.717, 1.165) is 103 Å². The second-order valence-electron chi connectivity index (χ2n) is 16.9. The number of nitrogens with zero attached hydrogens (tertiary/aromatic N) is 3. The van der Waals surface area contributed by atoms with Crippen molar-refractivity contribution in [1.82, 2.24) is 0 Å². The Morgan fingerprint density at radius 2 is 0.417 bits per heavy atom. The number of benzene rings is 10.